The van der Waals surface area contributed by atoms with Gasteiger partial charge in [0.1, 0.15) is 17.5 Å². The van der Waals surface area contributed by atoms with Crippen LogP contribution in [0.1, 0.15) is 35.4 Å². The Morgan fingerprint density at radius 3 is 2.93 bits per heavy atom. The number of carbonyl (C=O) groups excluding carboxylic acids is 1. The van der Waals surface area contributed by atoms with Crippen molar-refractivity contribution in [2.24, 2.45) is 0 Å². The predicted molar refractivity (Wildman–Crippen MR) is 104 cm³/mol. The summed E-state index contributed by atoms with van der Waals surface area (Å²) in [6.07, 6.45) is 5.66. The normalized spacial score (nSPS) is 17.0. The van der Waals surface area contributed by atoms with Gasteiger partial charge >= 0.3 is 0 Å². The number of nitrogens with zero attached hydrogens (tertiary/aromatic N) is 3. The van der Waals surface area contributed by atoms with Crippen molar-refractivity contribution in [2.45, 2.75) is 46.3 Å². The van der Waals surface area contributed by atoms with E-state index in [0.29, 0.717) is 5.82 Å². The van der Waals surface area contributed by atoms with Crippen molar-refractivity contribution in [3.8, 4) is 6.07 Å². The molecule has 3 heterocycles. The van der Waals surface area contributed by atoms with Crippen LogP contribution in [0.25, 0.3) is 6.08 Å². The number of anilines is 1. The van der Waals surface area contributed by atoms with Gasteiger partial charge in [0.25, 0.3) is 5.91 Å². The summed E-state index contributed by atoms with van der Waals surface area (Å²) in [5.41, 5.74) is 4.02. The van der Waals surface area contributed by atoms with Crippen LogP contribution in [-0.2, 0) is 16.1 Å². The maximum absolute atomic E-state index is 12.5. The molecule has 1 saturated heterocycles. The Hall–Kier alpha value is -2.91. The van der Waals surface area contributed by atoms with Crippen LogP contribution in [0.15, 0.2) is 30.0 Å². The molecule has 2 aromatic heterocycles. The standard InChI is InChI=1S/C21H24N4O2/c1-14-6-7-23-20(9-14)24-21(26)18(12-22)11-17-10-15(2)25(16(17)3)13-19-5-4-8-27-19/h6-7,9-11,19H,4-5,8,13H2,1-3H3,(H,23,24,26)/b18-11+. The number of rotatable bonds is 5. The third-order valence-corrected chi connectivity index (χ3v) is 4.84. The average Bonchev–Trinajstić information content (AvgIpc) is 3.23. The summed E-state index contributed by atoms with van der Waals surface area (Å²) in [4.78, 5) is 16.6. The van der Waals surface area contributed by atoms with Gasteiger partial charge in [0.05, 0.1) is 6.10 Å². The third-order valence-electron chi connectivity index (χ3n) is 4.84. The lowest BCUT2D eigenvalue weighted by Gasteiger charge is -2.14. The minimum atomic E-state index is -0.459. The Labute approximate surface area is 159 Å². The largest absolute Gasteiger partial charge is 0.376 e. The number of amides is 1. The van der Waals surface area contributed by atoms with Crippen LogP contribution >= 0.6 is 0 Å². The average molecular weight is 364 g/mol. The van der Waals surface area contributed by atoms with E-state index >= 15 is 0 Å². The molecule has 6 heteroatoms. The zero-order valence-corrected chi connectivity index (χ0v) is 16.0. The first-order chi connectivity index (χ1) is 13.0. The molecule has 1 unspecified atom stereocenters. The Morgan fingerprint density at radius 1 is 1.44 bits per heavy atom. The number of hydrogen-bond acceptors (Lipinski definition) is 4. The third kappa shape index (κ3) is 4.44. The molecule has 0 radical (unpaired) electrons. The molecule has 1 N–H and O–H groups in total. The van der Waals surface area contributed by atoms with E-state index in [1.165, 1.54) is 0 Å². The molecule has 1 fully saturated rings. The van der Waals surface area contributed by atoms with Crippen molar-refractivity contribution in [3.05, 3.63) is 52.5 Å². The summed E-state index contributed by atoms with van der Waals surface area (Å²) in [5.74, 6) is -0.0236. The van der Waals surface area contributed by atoms with E-state index in [9.17, 15) is 10.1 Å². The van der Waals surface area contributed by atoms with Crippen molar-refractivity contribution in [1.82, 2.24) is 9.55 Å². The van der Waals surface area contributed by atoms with Gasteiger partial charge in [-0.3, -0.25) is 4.79 Å². The molecule has 0 bridgehead atoms. The molecule has 1 aliphatic heterocycles. The highest BCUT2D eigenvalue weighted by molar-refractivity contribution is 6.09. The number of pyridine rings is 1. The van der Waals surface area contributed by atoms with E-state index < -0.39 is 5.91 Å². The SMILES string of the molecule is Cc1ccnc(NC(=O)/C(C#N)=C/c2cc(C)n(CC3CCCO3)c2C)c1. The molecule has 0 saturated carbocycles. The van der Waals surface area contributed by atoms with Crippen LogP contribution in [0.4, 0.5) is 5.82 Å². The zero-order chi connectivity index (χ0) is 19.4. The Bertz CT molecular complexity index is 915. The first-order valence-corrected chi connectivity index (χ1v) is 9.12. The highest BCUT2D eigenvalue weighted by Crippen LogP contribution is 2.22. The van der Waals surface area contributed by atoms with Crippen molar-refractivity contribution >= 4 is 17.8 Å². The van der Waals surface area contributed by atoms with Crippen molar-refractivity contribution < 1.29 is 9.53 Å². The van der Waals surface area contributed by atoms with Crippen LogP contribution in [0, 0.1) is 32.1 Å². The van der Waals surface area contributed by atoms with Gasteiger partial charge in [-0.25, -0.2) is 4.98 Å². The summed E-state index contributed by atoms with van der Waals surface area (Å²) >= 11 is 0. The molecule has 2 aromatic rings. The van der Waals surface area contributed by atoms with Crippen LogP contribution in [0.3, 0.4) is 0 Å². The first-order valence-electron chi connectivity index (χ1n) is 9.12. The molecule has 0 aromatic carbocycles. The second-order valence-corrected chi connectivity index (χ2v) is 6.91. The van der Waals surface area contributed by atoms with Gasteiger partial charge in [-0.1, -0.05) is 0 Å². The Balaban J connectivity index is 1.80. The van der Waals surface area contributed by atoms with Crippen LogP contribution in [0.2, 0.25) is 0 Å². The van der Waals surface area contributed by atoms with Gasteiger partial charge in [-0.05, 0) is 69.0 Å². The minimum Gasteiger partial charge on any atom is -0.376 e. The van der Waals surface area contributed by atoms with Crippen LogP contribution < -0.4 is 5.32 Å². The van der Waals surface area contributed by atoms with Crippen molar-refractivity contribution in [3.63, 3.8) is 0 Å². The fraction of sp³-hybridized carbons (Fsp3) is 0.381. The molecule has 1 atom stereocenters. The number of nitriles is 1. The Kier molecular flexibility index (Phi) is 5.72. The van der Waals surface area contributed by atoms with Gasteiger partial charge in [0.2, 0.25) is 0 Å². The van der Waals surface area contributed by atoms with Crippen LogP contribution in [-0.4, -0.2) is 28.2 Å². The molecule has 6 nitrogen and oxygen atoms in total. The maximum Gasteiger partial charge on any atom is 0.267 e. The van der Waals surface area contributed by atoms with Crippen molar-refractivity contribution in [2.75, 3.05) is 11.9 Å². The fourth-order valence-corrected chi connectivity index (χ4v) is 3.34. The van der Waals surface area contributed by atoms with Gasteiger partial charge in [-0.2, -0.15) is 5.26 Å². The summed E-state index contributed by atoms with van der Waals surface area (Å²) in [6, 6.07) is 7.61. The monoisotopic (exact) mass is 364 g/mol. The number of ether oxygens (including phenoxy) is 1. The highest BCUT2D eigenvalue weighted by Gasteiger charge is 2.19. The molecular formula is C21H24N4O2. The van der Waals surface area contributed by atoms with Gasteiger partial charge in [-0.15, -0.1) is 0 Å². The molecular weight excluding hydrogens is 340 g/mol. The second kappa shape index (κ2) is 8.19. The predicted octanol–water partition coefficient (Wildman–Crippen LogP) is 3.53. The lowest BCUT2D eigenvalue weighted by molar-refractivity contribution is -0.112. The second-order valence-electron chi connectivity index (χ2n) is 6.91. The van der Waals surface area contributed by atoms with E-state index in [2.05, 4.69) is 14.9 Å². The highest BCUT2D eigenvalue weighted by atomic mass is 16.5. The molecule has 27 heavy (non-hydrogen) atoms. The smallest absolute Gasteiger partial charge is 0.267 e. The molecule has 1 amide bonds. The summed E-state index contributed by atoms with van der Waals surface area (Å²) in [7, 11) is 0. The summed E-state index contributed by atoms with van der Waals surface area (Å²) < 4.78 is 7.92. The summed E-state index contributed by atoms with van der Waals surface area (Å²) in [6.45, 7) is 7.57. The lowest BCUT2D eigenvalue weighted by atomic mass is 10.1. The molecule has 0 spiro atoms. The fourth-order valence-electron chi connectivity index (χ4n) is 3.34. The van der Waals surface area contributed by atoms with Gasteiger partial charge < -0.3 is 14.6 Å². The topological polar surface area (TPSA) is 79.9 Å². The van der Waals surface area contributed by atoms with E-state index in [1.807, 2.05) is 39.0 Å². The number of aromatic nitrogens is 2. The zero-order valence-electron chi connectivity index (χ0n) is 16.0. The van der Waals surface area contributed by atoms with Gasteiger partial charge in [0, 0.05) is 30.7 Å². The minimum absolute atomic E-state index is 0.0515. The quantitative estimate of drug-likeness (QED) is 0.650. The molecule has 3 rings (SSSR count). The lowest BCUT2D eigenvalue weighted by Crippen LogP contribution is -2.17. The molecule has 1 aliphatic rings. The van der Waals surface area contributed by atoms with E-state index in [0.717, 1.165) is 48.5 Å². The summed E-state index contributed by atoms with van der Waals surface area (Å²) in [5, 5.41) is 12.1. The van der Waals surface area contributed by atoms with E-state index in [4.69, 9.17) is 4.74 Å². The van der Waals surface area contributed by atoms with E-state index in [-0.39, 0.29) is 11.7 Å². The van der Waals surface area contributed by atoms with E-state index in [1.54, 1.807) is 18.3 Å². The number of aryl methyl sites for hydroxylation is 2. The number of carbonyl (C=O) groups is 1. The van der Waals surface area contributed by atoms with Crippen molar-refractivity contribution in [1.29, 1.82) is 5.26 Å². The number of nitrogens with one attached hydrogen (secondary N) is 1. The molecule has 140 valence electrons. The Morgan fingerprint density at radius 2 is 2.26 bits per heavy atom. The number of hydrogen-bond donors (Lipinski definition) is 1. The van der Waals surface area contributed by atoms with Crippen LogP contribution in [0.5, 0.6) is 0 Å². The molecule has 0 aliphatic carbocycles. The maximum atomic E-state index is 12.5. The van der Waals surface area contributed by atoms with Gasteiger partial charge in [0.15, 0.2) is 0 Å². The first kappa shape index (κ1) is 18.9.